The molecule has 26 heavy (non-hydrogen) atoms. The SMILES string of the molecule is CCC(C)N(CC(=O)N(Cc1ccco1)CC1CCCO1)C(=O)C1CC1. The lowest BCUT2D eigenvalue weighted by Gasteiger charge is -2.32. The van der Waals surface area contributed by atoms with Crippen molar-refractivity contribution in [2.24, 2.45) is 5.92 Å². The second-order valence-corrected chi connectivity index (χ2v) is 7.49. The zero-order chi connectivity index (χ0) is 18.5. The molecule has 2 amide bonds. The summed E-state index contributed by atoms with van der Waals surface area (Å²) in [7, 11) is 0. The largest absolute Gasteiger partial charge is 0.467 e. The molecule has 1 saturated heterocycles. The van der Waals surface area contributed by atoms with E-state index in [1.165, 1.54) is 0 Å². The van der Waals surface area contributed by atoms with Gasteiger partial charge in [-0.25, -0.2) is 0 Å². The maximum absolute atomic E-state index is 13.1. The third-order valence-electron chi connectivity index (χ3n) is 5.37. The Balaban J connectivity index is 1.68. The molecule has 0 spiro atoms. The Bertz CT molecular complexity index is 591. The number of furan rings is 1. The summed E-state index contributed by atoms with van der Waals surface area (Å²) in [6, 6.07) is 3.77. The number of ether oxygens (including phenoxy) is 1. The van der Waals surface area contributed by atoms with Crippen LogP contribution in [0, 0.1) is 5.92 Å². The van der Waals surface area contributed by atoms with Gasteiger partial charge in [0, 0.05) is 25.1 Å². The van der Waals surface area contributed by atoms with Crippen molar-refractivity contribution in [1.82, 2.24) is 9.80 Å². The summed E-state index contributed by atoms with van der Waals surface area (Å²) in [4.78, 5) is 29.3. The monoisotopic (exact) mass is 362 g/mol. The van der Waals surface area contributed by atoms with Crippen LogP contribution in [-0.2, 0) is 20.9 Å². The fraction of sp³-hybridized carbons (Fsp3) is 0.700. The van der Waals surface area contributed by atoms with E-state index in [9.17, 15) is 9.59 Å². The van der Waals surface area contributed by atoms with Gasteiger partial charge in [0.05, 0.1) is 18.9 Å². The van der Waals surface area contributed by atoms with Crippen molar-refractivity contribution in [1.29, 1.82) is 0 Å². The molecule has 1 aromatic heterocycles. The van der Waals surface area contributed by atoms with Gasteiger partial charge in [-0.05, 0) is 51.2 Å². The summed E-state index contributed by atoms with van der Waals surface area (Å²) < 4.78 is 11.1. The van der Waals surface area contributed by atoms with E-state index in [1.807, 2.05) is 19.1 Å². The first-order valence-electron chi connectivity index (χ1n) is 9.80. The van der Waals surface area contributed by atoms with Crippen LogP contribution in [0.1, 0.15) is 51.7 Å². The number of nitrogens with zero attached hydrogens (tertiary/aromatic N) is 2. The Morgan fingerprint density at radius 2 is 2.12 bits per heavy atom. The fourth-order valence-electron chi connectivity index (χ4n) is 3.36. The van der Waals surface area contributed by atoms with E-state index in [-0.39, 0.29) is 36.4 Å². The molecule has 1 aliphatic heterocycles. The summed E-state index contributed by atoms with van der Waals surface area (Å²) in [6.45, 7) is 5.92. The minimum absolute atomic E-state index is 0.0359. The van der Waals surface area contributed by atoms with Crippen LogP contribution >= 0.6 is 0 Å². The fourth-order valence-corrected chi connectivity index (χ4v) is 3.36. The highest BCUT2D eigenvalue weighted by atomic mass is 16.5. The first-order chi connectivity index (χ1) is 12.6. The normalized spacial score (nSPS) is 20.8. The third-order valence-corrected chi connectivity index (χ3v) is 5.37. The molecule has 1 aromatic rings. The Labute approximate surface area is 155 Å². The molecule has 1 aliphatic carbocycles. The van der Waals surface area contributed by atoms with Gasteiger partial charge in [0.2, 0.25) is 11.8 Å². The molecule has 0 bridgehead atoms. The maximum atomic E-state index is 13.1. The number of hydrogen-bond donors (Lipinski definition) is 0. The van der Waals surface area contributed by atoms with Crippen molar-refractivity contribution >= 4 is 11.8 Å². The molecule has 2 aliphatic rings. The van der Waals surface area contributed by atoms with Gasteiger partial charge >= 0.3 is 0 Å². The number of carbonyl (C=O) groups excluding carboxylic acids is 2. The van der Waals surface area contributed by atoms with E-state index in [0.29, 0.717) is 13.1 Å². The average molecular weight is 362 g/mol. The van der Waals surface area contributed by atoms with Crippen molar-refractivity contribution in [3.63, 3.8) is 0 Å². The first kappa shape index (κ1) is 19.0. The second kappa shape index (κ2) is 8.71. The van der Waals surface area contributed by atoms with Gasteiger partial charge in [0.25, 0.3) is 0 Å². The second-order valence-electron chi connectivity index (χ2n) is 7.49. The zero-order valence-electron chi connectivity index (χ0n) is 15.9. The van der Waals surface area contributed by atoms with E-state index in [4.69, 9.17) is 9.15 Å². The minimum atomic E-state index is -0.0359. The van der Waals surface area contributed by atoms with Crippen LogP contribution in [0.25, 0.3) is 0 Å². The molecule has 6 heteroatoms. The predicted octanol–water partition coefficient (Wildman–Crippen LogP) is 2.82. The molecule has 0 aromatic carbocycles. The maximum Gasteiger partial charge on any atom is 0.242 e. The molecule has 1 saturated carbocycles. The first-order valence-corrected chi connectivity index (χ1v) is 9.80. The van der Waals surface area contributed by atoms with Gasteiger partial charge in [-0.3, -0.25) is 9.59 Å². The Morgan fingerprint density at radius 3 is 2.69 bits per heavy atom. The smallest absolute Gasteiger partial charge is 0.242 e. The Hall–Kier alpha value is -1.82. The topological polar surface area (TPSA) is 63.0 Å². The van der Waals surface area contributed by atoms with Crippen LogP contribution in [-0.4, -0.2) is 53.5 Å². The van der Waals surface area contributed by atoms with Crippen LogP contribution in [0.5, 0.6) is 0 Å². The van der Waals surface area contributed by atoms with Gasteiger partial charge < -0.3 is 19.0 Å². The summed E-state index contributed by atoms with van der Waals surface area (Å²) >= 11 is 0. The summed E-state index contributed by atoms with van der Waals surface area (Å²) in [5.74, 6) is 0.961. The molecule has 0 radical (unpaired) electrons. The number of rotatable bonds is 9. The lowest BCUT2D eigenvalue weighted by atomic mass is 10.1. The molecule has 144 valence electrons. The molecule has 0 N–H and O–H groups in total. The average Bonchev–Trinajstić information content (AvgIpc) is 3.13. The Kier molecular flexibility index (Phi) is 6.35. The summed E-state index contributed by atoms with van der Waals surface area (Å²) in [6.07, 6.45) is 6.44. The van der Waals surface area contributed by atoms with Gasteiger partial charge in [-0.15, -0.1) is 0 Å². The standard InChI is InChI=1S/C20H30N2O4/c1-3-15(2)22(20(24)16-8-9-16)14-19(23)21(12-17-6-4-10-25-17)13-18-7-5-11-26-18/h4,6,10,15-16,18H,3,5,7-9,11-14H2,1-2H3. The van der Waals surface area contributed by atoms with Gasteiger partial charge in [0.1, 0.15) is 12.3 Å². The molecule has 2 unspecified atom stereocenters. The molecule has 6 nitrogen and oxygen atoms in total. The molecule has 2 heterocycles. The van der Waals surface area contributed by atoms with Crippen molar-refractivity contribution in [2.45, 2.75) is 64.6 Å². The summed E-state index contributed by atoms with van der Waals surface area (Å²) in [5, 5.41) is 0. The third kappa shape index (κ3) is 4.87. The van der Waals surface area contributed by atoms with Gasteiger partial charge in [-0.1, -0.05) is 6.92 Å². The van der Waals surface area contributed by atoms with Crippen molar-refractivity contribution in [3.8, 4) is 0 Å². The molecular weight excluding hydrogens is 332 g/mol. The highest BCUT2D eigenvalue weighted by Gasteiger charge is 2.36. The van der Waals surface area contributed by atoms with Crippen LogP contribution in [0.4, 0.5) is 0 Å². The van der Waals surface area contributed by atoms with Crippen molar-refractivity contribution in [3.05, 3.63) is 24.2 Å². The van der Waals surface area contributed by atoms with E-state index < -0.39 is 0 Å². The van der Waals surface area contributed by atoms with E-state index in [2.05, 4.69) is 6.92 Å². The zero-order valence-corrected chi connectivity index (χ0v) is 15.9. The molecule has 3 rings (SSSR count). The van der Waals surface area contributed by atoms with E-state index >= 15 is 0 Å². The quantitative estimate of drug-likeness (QED) is 0.678. The molecular formula is C20H30N2O4. The minimum Gasteiger partial charge on any atom is -0.467 e. The van der Waals surface area contributed by atoms with Gasteiger partial charge in [-0.2, -0.15) is 0 Å². The van der Waals surface area contributed by atoms with Crippen LogP contribution < -0.4 is 0 Å². The number of hydrogen-bond acceptors (Lipinski definition) is 4. The number of amides is 2. The van der Waals surface area contributed by atoms with Crippen molar-refractivity contribution < 1.29 is 18.7 Å². The van der Waals surface area contributed by atoms with Crippen LogP contribution in [0.3, 0.4) is 0 Å². The molecule has 2 fully saturated rings. The number of carbonyl (C=O) groups is 2. The van der Waals surface area contributed by atoms with E-state index in [0.717, 1.165) is 44.5 Å². The predicted molar refractivity (Wildman–Crippen MR) is 97.3 cm³/mol. The molecule has 2 atom stereocenters. The summed E-state index contributed by atoms with van der Waals surface area (Å²) in [5.41, 5.74) is 0. The highest BCUT2D eigenvalue weighted by Crippen LogP contribution is 2.32. The van der Waals surface area contributed by atoms with Crippen LogP contribution in [0.2, 0.25) is 0 Å². The van der Waals surface area contributed by atoms with Crippen LogP contribution in [0.15, 0.2) is 22.8 Å². The lowest BCUT2D eigenvalue weighted by molar-refractivity contribution is -0.144. The lowest BCUT2D eigenvalue weighted by Crippen LogP contribution is -2.48. The van der Waals surface area contributed by atoms with E-state index in [1.54, 1.807) is 16.1 Å². The highest BCUT2D eigenvalue weighted by molar-refractivity contribution is 5.87. The van der Waals surface area contributed by atoms with Crippen molar-refractivity contribution in [2.75, 3.05) is 19.7 Å². The van der Waals surface area contributed by atoms with Gasteiger partial charge in [0.15, 0.2) is 0 Å². The Morgan fingerprint density at radius 1 is 1.31 bits per heavy atom.